The minimum atomic E-state index is -0.217. The van der Waals surface area contributed by atoms with Crippen molar-refractivity contribution in [2.75, 3.05) is 26.2 Å². The monoisotopic (exact) mass is 237 g/mol. The van der Waals surface area contributed by atoms with Crippen LogP contribution in [0.2, 0.25) is 0 Å². The van der Waals surface area contributed by atoms with Gasteiger partial charge in [-0.15, -0.1) is 0 Å². The average Bonchev–Trinajstić information content (AvgIpc) is 2.38. The normalized spacial score (nSPS) is 17.0. The summed E-state index contributed by atoms with van der Waals surface area (Å²) in [4.78, 5) is 2.50. The van der Waals surface area contributed by atoms with Crippen molar-refractivity contribution in [3.8, 4) is 5.75 Å². The maximum atomic E-state index is 12.7. The van der Waals surface area contributed by atoms with Gasteiger partial charge in [-0.2, -0.15) is 0 Å². The van der Waals surface area contributed by atoms with E-state index in [0.717, 1.165) is 18.7 Å². The number of likely N-dealkylation sites (tertiary alicyclic amines) is 1. The van der Waals surface area contributed by atoms with E-state index in [1.54, 1.807) is 12.1 Å². The summed E-state index contributed by atoms with van der Waals surface area (Å²) in [5.74, 6) is 0.538. The van der Waals surface area contributed by atoms with Crippen LogP contribution >= 0.6 is 0 Å². The van der Waals surface area contributed by atoms with E-state index in [1.165, 1.54) is 44.5 Å². The standard InChI is InChI=1S/C14H20FNO/c15-13-5-7-14(8-6-13)17-12-4-11-16-9-2-1-3-10-16/h5-8H,1-4,9-12H2. The molecule has 1 aliphatic heterocycles. The Hall–Kier alpha value is -1.09. The molecule has 0 amide bonds. The van der Waals surface area contributed by atoms with E-state index in [0.29, 0.717) is 6.61 Å². The molecule has 1 saturated heterocycles. The molecule has 1 fully saturated rings. The van der Waals surface area contributed by atoms with Gasteiger partial charge in [-0.25, -0.2) is 4.39 Å². The van der Waals surface area contributed by atoms with Crippen LogP contribution in [0.25, 0.3) is 0 Å². The third-order valence-electron chi connectivity index (χ3n) is 3.15. The molecule has 0 radical (unpaired) electrons. The molecule has 0 N–H and O–H groups in total. The lowest BCUT2D eigenvalue weighted by molar-refractivity contribution is 0.205. The van der Waals surface area contributed by atoms with E-state index in [2.05, 4.69) is 4.90 Å². The number of nitrogens with zero attached hydrogens (tertiary/aromatic N) is 1. The molecule has 1 aromatic carbocycles. The lowest BCUT2D eigenvalue weighted by Crippen LogP contribution is -2.31. The van der Waals surface area contributed by atoms with E-state index < -0.39 is 0 Å². The topological polar surface area (TPSA) is 12.5 Å². The van der Waals surface area contributed by atoms with E-state index in [9.17, 15) is 4.39 Å². The van der Waals surface area contributed by atoms with Crippen LogP contribution < -0.4 is 4.74 Å². The van der Waals surface area contributed by atoms with E-state index in [-0.39, 0.29) is 5.82 Å². The zero-order valence-corrected chi connectivity index (χ0v) is 10.2. The van der Waals surface area contributed by atoms with Crippen molar-refractivity contribution >= 4 is 0 Å². The summed E-state index contributed by atoms with van der Waals surface area (Å²) in [7, 11) is 0. The molecule has 0 saturated carbocycles. The van der Waals surface area contributed by atoms with Crippen LogP contribution in [0.4, 0.5) is 4.39 Å². The molecule has 0 atom stereocenters. The summed E-state index contributed by atoms with van der Waals surface area (Å²) < 4.78 is 18.2. The first-order valence-corrected chi connectivity index (χ1v) is 6.45. The fourth-order valence-electron chi connectivity index (χ4n) is 2.19. The van der Waals surface area contributed by atoms with Gasteiger partial charge in [-0.1, -0.05) is 6.42 Å². The van der Waals surface area contributed by atoms with Crippen LogP contribution in [0.5, 0.6) is 5.75 Å². The van der Waals surface area contributed by atoms with Crippen molar-refractivity contribution in [3.63, 3.8) is 0 Å². The van der Waals surface area contributed by atoms with Gasteiger partial charge in [0.25, 0.3) is 0 Å². The summed E-state index contributed by atoms with van der Waals surface area (Å²) in [5, 5.41) is 0. The van der Waals surface area contributed by atoms with Gasteiger partial charge in [0.15, 0.2) is 0 Å². The van der Waals surface area contributed by atoms with E-state index >= 15 is 0 Å². The van der Waals surface area contributed by atoms with Crippen molar-refractivity contribution in [2.45, 2.75) is 25.7 Å². The third kappa shape index (κ3) is 4.35. The van der Waals surface area contributed by atoms with Crippen molar-refractivity contribution in [1.82, 2.24) is 4.90 Å². The van der Waals surface area contributed by atoms with Gasteiger partial charge < -0.3 is 9.64 Å². The molecule has 1 aromatic rings. The van der Waals surface area contributed by atoms with Gasteiger partial charge in [0, 0.05) is 6.54 Å². The SMILES string of the molecule is Fc1ccc(OCCCN2CCCCC2)cc1. The highest BCUT2D eigenvalue weighted by atomic mass is 19.1. The Morgan fingerprint density at radius 1 is 1.06 bits per heavy atom. The Labute approximate surface area is 102 Å². The molecule has 17 heavy (non-hydrogen) atoms. The first kappa shape index (κ1) is 12.4. The highest BCUT2D eigenvalue weighted by Crippen LogP contribution is 2.12. The summed E-state index contributed by atoms with van der Waals surface area (Å²) in [6.45, 7) is 4.29. The molecule has 2 nitrogen and oxygen atoms in total. The van der Waals surface area contributed by atoms with Crippen LogP contribution in [-0.4, -0.2) is 31.1 Å². The molecule has 0 aromatic heterocycles. The lowest BCUT2D eigenvalue weighted by Gasteiger charge is -2.26. The second-order valence-corrected chi connectivity index (χ2v) is 4.56. The van der Waals surface area contributed by atoms with Crippen LogP contribution in [0.15, 0.2) is 24.3 Å². The maximum absolute atomic E-state index is 12.7. The zero-order valence-electron chi connectivity index (χ0n) is 10.2. The number of hydrogen-bond donors (Lipinski definition) is 0. The first-order chi connectivity index (χ1) is 8.34. The van der Waals surface area contributed by atoms with Crippen LogP contribution in [-0.2, 0) is 0 Å². The molecule has 0 spiro atoms. The minimum Gasteiger partial charge on any atom is -0.494 e. The lowest BCUT2D eigenvalue weighted by atomic mass is 10.1. The first-order valence-electron chi connectivity index (χ1n) is 6.45. The Kier molecular flexibility index (Phi) is 4.80. The number of halogens is 1. The maximum Gasteiger partial charge on any atom is 0.123 e. The fraction of sp³-hybridized carbons (Fsp3) is 0.571. The average molecular weight is 237 g/mol. The van der Waals surface area contributed by atoms with E-state index in [1.807, 2.05) is 0 Å². The number of rotatable bonds is 5. The van der Waals surface area contributed by atoms with Crippen LogP contribution in [0.3, 0.4) is 0 Å². The predicted molar refractivity (Wildman–Crippen MR) is 66.8 cm³/mol. The predicted octanol–water partition coefficient (Wildman–Crippen LogP) is 3.08. The highest BCUT2D eigenvalue weighted by Gasteiger charge is 2.08. The molecule has 3 heteroatoms. The number of ether oxygens (including phenoxy) is 1. The summed E-state index contributed by atoms with van der Waals surface area (Å²) in [6.07, 6.45) is 5.08. The molecule has 94 valence electrons. The van der Waals surface area contributed by atoms with Gasteiger partial charge in [0.05, 0.1) is 6.61 Å². The summed E-state index contributed by atoms with van der Waals surface area (Å²) in [6, 6.07) is 6.21. The molecule has 0 aliphatic carbocycles. The van der Waals surface area contributed by atoms with Gasteiger partial charge in [-0.05, 0) is 56.6 Å². The number of benzene rings is 1. The Balaban J connectivity index is 1.60. The number of hydrogen-bond acceptors (Lipinski definition) is 2. The summed E-state index contributed by atoms with van der Waals surface area (Å²) in [5.41, 5.74) is 0. The van der Waals surface area contributed by atoms with Crippen LogP contribution in [0.1, 0.15) is 25.7 Å². The second kappa shape index (κ2) is 6.60. The smallest absolute Gasteiger partial charge is 0.123 e. The van der Waals surface area contributed by atoms with Crippen molar-refractivity contribution in [2.24, 2.45) is 0 Å². The molecule has 1 aliphatic rings. The van der Waals surface area contributed by atoms with Crippen molar-refractivity contribution < 1.29 is 9.13 Å². The van der Waals surface area contributed by atoms with Crippen LogP contribution in [0, 0.1) is 5.82 Å². The molecule has 0 unspecified atom stereocenters. The van der Waals surface area contributed by atoms with Gasteiger partial charge in [-0.3, -0.25) is 0 Å². The van der Waals surface area contributed by atoms with Crippen molar-refractivity contribution in [3.05, 3.63) is 30.1 Å². The Morgan fingerprint density at radius 2 is 1.76 bits per heavy atom. The van der Waals surface area contributed by atoms with Crippen molar-refractivity contribution in [1.29, 1.82) is 0 Å². The third-order valence-corrected chi connectivity index (χ3v) is 3.15. The molecule has 0 bridgehead atoms. The second-order valence-electron chi connectivity index (χ2n) is 4.56. The molecular formula is C14H20FNO. The summed E-state index contributed by atoms with van der Waals surface area (Å²) >= 11 is 0. The Bertz CT molecular complexity index is 319. The van der Waals surface area contributed by atoms with Gasteiger partial charge in [0.2, 0.25) is 0 Å². The molecule has 2 rings (SSSR count). The quantitative estimate of drug-likeness (QED) is 0.730. The molecular weight excluding hydrogens is 217 g/mol. The zero-order chi connectivity index (χ0) is 11.9. The molecule has 1 heterocycles. The van der Waals surface area contributed by atoms with E-state index in [4.69, 9.17) is 4.74 Å². The fourth-order valence-corrected chi connectivity index (χ4v) is 2.19. The largest absolute Gasteiger partial charge is 0.494 e. The number of piperidine rings is 1. The highest BCUT2D eigenvalue weighted by molar-refractivity contribution is 5.21. The van der Waals surface area contributed by atoms with Gasteiger partial charge in [0.1, 0.15) is 11.6 Å². The minimum absolute atomic E-state index is 0.217. The Morgan fingerprint density at radius 3 is 2.47 bits per heavy atom. The van der Waals surface area contributed by atoms with Gasteiger partial charge >= 0.3 is 0 Å².